The van der Waals surface area contributed by atoms with E-state index < -0.39 is 0 Å². The Kier molecular flexibility index (Phi) is 3.24. The van der Waals surface area contributed by atoms with Crippen molar-refractivity contribution >= 4 is 27.8 Å². The van der Waals surface area contributed by atoms with Crippen LogP contribution in [-0.4, -0.2) is 9.97 Å². The Bertz CT molecular complexity index is 1180. The fraction of sp³-hybridized carbons (Fsp3) is 0.0455. The Labute approximate surface area is 149 Å². The summed E-state index contributed by atoms with van der Waals surface area (Å²) in [7, 11) is 0. The summed E-state index contributed by atoms with van der Waals surface area (Å²) >= 11 is 0. The molecule has 0 fully saturated rings. The maximum absolute atomic E-state index is 5.91. The van der Waals surface area contributed by atoms with Crippen LogP contribution in [0.3, 0.4) is 0 Å². The highest BCUT2D eigenvalue weighted by Gasteiger charge is 2.23. The maximum Gasteiger partial charge on any atom is 0.227 e. The van der Waals surface area contributed by atoms with Crippen LogP contribution in [0.4, 0.5) is 0 Å². The van der Waals surface area contributed by atoms with Gasteiger partial charge in [-0.2, -0.15) is 0 Å². The molecule has 0 aliphatic heterocycles. The summed E-state index contributed by atoms with van der Waals surface area (Å²) in [5, 5.41) is 0. The average molecular weight is 338 g/mol. The van der Waals surface area contributed by atoms with Crippen LogP contribution >= 0.6 is 0 Å². The first-order chi connectivity index (χ1) is 12.8. The molecule has 4 aromatic rings. The normalized spacial score (nSPS) is 16.8. The van der Waals surface area contributed by atoms with Gasteiger partial charge in [0, 0.05) is 11.1 Å². The van der Waals surface area contributed by atoms with Crippen LogP contribution in [0.15, 0.2) is 93.5 Å². The molecule has 1 aliphatic carbocycles. The minimum Gasteiger partial charge on any atom is -0.440 e. The highest BCUT2D eigenvalue weighted by atomic mass is 16.4. The third-order valence-electron chi connectivity index (χ3n) is 4.44. The van der Waals surface area contributed by atoms with E-state index in [0.29, 0.717) is 11.8 Å². The zero-order chi connectivity index (χ0) is 17.5. The third kappa shape index (κ3) is 2.32. The van der Waals surface area contributed by atoms with Crippen molar-refractivity contribution < 1.29 is 8.83 Å². The monoisotopic (exact) mass is 338 g/mol. The van der Waals surface area contributed by atoms with Gasteiger partial charge in [-0.3, -0.25) is 0 Å². The largest absolute Gasteiger partial charge is 0.440 e. The molecule has 0 saturated heterocycles. The molecule has 26 heavy (non-hydrogen) atoms. The first-order valence-corrected chi connectivity index (χ1v) is 8.33. The molecule has 0 bridgehead atoms. The molecular weight excluding hydrogens is 324 g/mol. The van der Waals surface area contributed by atoms with Gasteiger partial charge in [-0.05, 0) is 30.3 Å². The predicted molar refractivity (Wildman–Crippen MR) is 101 cm³/mol. The van der Waals surface area contributed by atoms with Gasteiger partial charge in [0.05, 0.1) is 5.92 Å². The SMILES string of the molecule is C=C=C1C=C(c2nc3ccccc3o2)C=CC1c1nc2ccccc2o1. The van der Waals surface area contributed by atoms with E-state index in [9.17, 15) is 0 Å². The molecule has 2 aromatic heterocycles. The van der Waals surface area contributed by atoms with Gasteiger partial charge in [-0.15, -0.1) is 5.73 Å². The third-order valence-corrected chi connectivity index (χ3v) is 4.44. The number of oxazole rings is 2. The molecule has 0 spiro atoms. The minimum atomic E-state index is -0.131. The fourth-order valence-corrected chi connectivity index (χ4v) is 3.14. The van der Waals surface area contributed by atoms with Gasteiger partial charge < -0.3 is 8.83 Å². The van der Waals surface area contributed by atoms with E-state index in [0.717, 1.165) is 33.3 Å². The Balaban J connectivity index is 1.54. The van der Waals surface area contributed by atoms with E-state index in [2.05, 4.69) is 22.3 Å². The molecule has 1 aliphatic rings. The summed E-state index contributed by atoms with van der Waals surface area (Å²) in [5.41, 5.74) is 7.96. The van der Waals surface area contributed by atoms with E-state index in [1.54, 1.807) is 0 Å². The maximum atomic E-state index is 5.91. The van der Waals surface area contributed by atoms with Crippen LogP contribution in [-0.2, 0) is 0 Å². The van der Waals surface area contributed by atoms with Crippen molar-refractivity contribution in [3.63, 3.8) is 0 Å². The Morgan fingerprint density at radius 2 is 1.58 bits per heavy atom. The summed E-state index contributed by atoms with van der Waals surface area (Å²) in [6, 6.07) is 15.4. The minimum absolute atomic E-state index is 0.131. The van der Waals surface area contributed by atoms with Crippen molar-refractivity contribution in [3.8, 4) is 0 Å². The fourth-order valence-electron chi connectivity index (χ4n) is 3.14. The van der Waals surface area contributed by atoms with Crippen molar-refractivity contribution in [1.82, 2.24) is 9.97 Å². The molecule has 0 N–H and O–H groups in total. The lowest BCUT2D eigenvalue weighted by atomic mass is 9.91. The molecular formula is C22H14N2O2. The van der Waals surface area contributed by atoms with E-state index in [-0.39, 0.29) is 5.92 Å². The van der Waals surface area contributed by atoms with Crippen LogP contribution in [0, 0.1) is 0 Å². The first-order valence-electron chi connectivity index (χ1n) is 8.33. The van der Waals surface area contributed by atoms with Gasteiger partial charge in [-0.1, -0.05) is 43.0 Å². The van der Waals surface area contributed by atoms with E-state index >= 15 is 0 Å². The highest BCUT2D eigenvalue weighted by Crippen LogP contribution is 2.35. The molecule has 4 heteroatoms. The number of allylic oxidation sites excluding steroid dienone is 5. The summed E-state index contributed by atoms with van der Waals surface area (Å²) in [6.07, 6.45) is 5.96. The molecule has 5 rings (SSSR count). The number of hydrogen-bond acceptors (Lipinski definition) is 4. The molecule has 0 radical (unpaired) electrons. The average Bonchev–Trinajstić information content (AvgIpc) is 3.31. The molecule has 4 nitrogen and oxygen atoms in total. The van der Waals surface area contributed by atoms with Crippen LogP contribution in [0.5, 0.6) is 0 Å². The molecule has 1 unspecified atom stereocenters. The van der Waals surface area contributed by atoms with E-state index in [1.807, 2.05) is 66.8 Å². The lowest BCUT2D eigenvalue weighted by Gasteiger charge is -2.13. The zero-order valence-corrected chi connectivity index (χ0v) is 13.8. The van der Waals surface area contributed by atoms with Gasteiger partial charge >= 0.3 is 0 Å². The van der Waals surface area contributed by atoms with Crippen molar-refractivity contribution in [2.75, 3.05) is 0 Å². The number of nitrogens with zero attached hydrogens (tertiary/aromatic N) is 2. The van der Waals surface area contributed by atoms with Gasteiger partial charge in [0.15, 0.2) is 11.2 Å². The van der Waals surface area contributed by atoms with Gasteiger partial charge in [0.25, 0.3) is 0 Å². The second-order valence-corrected chi connectivity index (χ2v) is 6.08. The number of para-hydroxylation sites is 4. The Morgan fingerprint density at radius 1 is 0.885 bits per heavy atom. The zero-order valence-electron chi connectivity index (χ0n) is 13.8. The van der Waals surface area contributed by atoms with E-state index in [4.69, 9.17) is 8.83 Å². The van der Waals surface area contributed by atoms with Crippen LogP contribution < -0.4 is 0 Å². The highest BCUT2D eigenvalue weighted by molar-refractivity contribution is 5.80. The van der Waals surface area contributed by atoms with Gasteiger partial charge in [0.2, 0.25) is 11.8 Å². The molecule has 0 saturated carbocycles. The van der Waals surface area contributed by atoms with Crippen molar-refractivity contribution in [2.24, 2.45) is 0 Å². The quantitative estimate of drug-likeness (QED) is 0.458. The van der Waals surface area contributed by atoms with Gasteiger partial charge in [-0.25, -0.2) is 9.97 Å². The topological polar surface area (TPSA) is 52.1 Å². The Morgan fingerprint density at radius 3 is 2.27 bits per heavy atom. The van der Waals surface area contributed by atoms with Crippen molar-refractivity contribution in [1.29, 1.82) is 0 Å². The molecule has 2 aromatic carbocycles. The second-order valence-electron chi connectivity index (χ2n) is 6.08. The first kappa shape index (κ1) is 14.7. The Hall–Kier alpha value is -3.62. The number of hydrogen-bond donors (Lipinski definition) is 0. The number of rotatable bonds is 2. The smallest absolute Gasteiger partial charge is 0.227 e. The summed E-state index contributed by atoms with van der Waals surface area (Å²) in [6.45, 7) is 3.82. The number of aromatic nitrogens is 2. The number of benzene rings is 2. The lowest BCUT2D eigenvalue weighted by Crippen LogP contribution is -2.02. The van der Waals surface area contributed by atoms with Crippen LogP contribution in [0.2, 0.25) is 0 Å². The van der Waals surface area contributed by atoms with Crippen molar-refractivity contribution in [2.45, 2.75) is 5.92 Å². The predicted octanol–water partition coefficient (Wildman–Crippen LogP) is 5.42. The van der Waals surface area contributed by atoms with Crippen molar-refractivity contribution in [3.05, 3.63) is 96.4 Å². The van der Waals surface area contributed by atoms with Crippen LogP contribution in [0.1, 0.15) is 17.7 Å². The van der Waals surface area contributed by atoms with Gasteiger partial charge in [0.1, 0.15) is 11.0 Å². The van der Waals surface area contributed by atoms with E-state index in [1.165, 1.54) is 0 Å². The summed E-state index contributed by atoms with van der Waals surface area (Å²) < 4.78 is 11.8. The lowest BCUT2D eigenvalue weighted by molar-refractivity contribution is 0.525. The molecule has 2 heterocycles. The standard InChI is InChI=1S/C22H14N2O2/c1-2-14-13-15(21-23-17-7-3-5-9-19(17)25-21)11-12-16(14)22-24-18-8-4-6-10-20(18)26-22/h3-13,16H,1H2. The number of fused-ring (bicyclic) bond motifs is 2. The second kappa shape index (κ2) is 5.73. The van der Waals surface area contributed by atoms with Crippen LogP contribution in [0.25, 0.3) is 27.8 Å². The summed E-state index contributed by atoms with van der Waals surface area (Å²) in [4.78, 5) is 9.14. The molecule has 124 valence electrons. The molecule has 1 atom stereocenters. The molecule has 0 amide bonds. The summed E-state index contributed by atoms with van der Waals surface area (Å²) in [5.74, 6) is 1.07.